The number of nitrogens with zero attached hydrogens (tertiary/aromatic N) is 3. The van der Waals surface area contributed by atoms with Crippen molar-refractivity contribution in [3.63, 3.8) is 0 Å². The molecule has 0 atom stereocenters. The quantitative estimate of drug-likeness (QED) is 0.520. The molecular formula is C18H13ClN4S. The second-order valence-electron chi connectivity index (χ2n) is 4.89. The Morgan fingerprint density at radius 3 is 2.38 bits per heavy atom. The predicted molar refractivity (Wildman–Crippen MR) is 98.7 cm³/mol. The normalized spacial score (nSPS) is 10.2. The van der Waals surface area contributed by atoms with Crippen LogP contribution in [0, 0.1) is 11.3 Å². The number of aromatic nitrogens is 2. The van der Waals surface area contributed by atoms with Gasteiger partial charge in [0.15, 0.2) is 11.0 Å². The smallest absolute Gasteiger partial charge is 0.189 e. The van der Waals surface area contributed by atoms with Crippen molar-refractivity contribution in [2.45, 2.75) is 5.16 Å². The van der Waals surface area contributed by atoms with Gasteiger partial charge in [0.05, 0.1) is 5.69 Å². The zero-order chi connectivity index (χ0) is 16.9. The van der Waals surface area contributed by atoms with E-state index in [2.05, 4.69) is 21.4 Å². The molecule has 3 rings (SSSR count). The lowest BCUT2D eigenvalue weighted by Crippen LogP contribution is -2.03. The predicted octanol–water partition coefficient (Wildman–Crippen LogP) is 5.13. The first-order chi connectivity index (χ1) is 11.7. The summed E-state index contributed by atoms with van der Waals surface area (Å²) in [6.45, 7) is 0. The fourth-order valence-corrected chi connectivity index (χ4v) is 2.69. The van der Waals surface area contributed by atoms with Gasteiger partial charge in [0.2, 0.25) is 0 Å². The van der Waals surface area contributed by atoms with E-state index in [0.717, 1.165) is 11.3 Å². The van der Waals surface area contributed by atoms with Gasteiger partial charge in [-0.1, -0.05) is 53.7 Å². The van der Waals surface area contributed by atoms with Gasteiger partial charge in [-0.2, -0.15) is 5.26 Å². The first kappa shape index (κ1) is 16.3. The Morgan fingerprint density at radius 1 is 1.04 bits per heavy atom. The minimum atomic E-state index is 0.402. The average molecular weight is 353 g/mol. The summed E-state index contributed by atoms with van der Waals surface area (Å²) in [7, 11) is 0. The van der Waals surface area contributed by atoms with Crippen LogP contribution in [0.15, 0.2) is 59.8 Å². The van der Waals surface area contributed by atoms with Gasteiger partial charge in [0.25, 0.3) is 0 Å². The van der Waals surface area contributed by atoms with E-state index in [0.29, 0.717) is 27.3 Å². The minimum absolute atomic E-state index is 0.402. The summed E-state index contributed by atoms with van der Waals surface area (Å²) in [5.41, 5.74) is 2.68. The molecule has 1 aromatic heterocycles. The number of nitriles is 1. The third kappa shape index (κ3) is 3.51. The van der Waals surface area contributed by atoms with Crippen LogP contribution in [0.2, 0.25) is 5.02 Å². The number of halogens is 1. The second-order valence-corrected chi connectivity index (χ2v) is 6.10. The first-order valence-corrected chi connectivity index (χ1v) is 8.75. The molecule has 0 unspecified atom stereocenters. The molecule has 0 amide bonds. The molecule has 0 saturated heterocycles. The molecule has 0 radical (unpaired) electrons. The summed E-state index contributed by atoms with van der Waals surface area (Å²) in [6.07, 6.45) is 1.90. The number of benzene rings is 2. The highest BCUT2D eigenvalue weighted by Crippen LogP contribution is 2.30. The number of thioether (sulfide) groups is 1. The second kappa shape index (κ2) is 7.35. The molecule has 3 aromatic rings. The molecule has 1 heterocycles. The maximum atomic E-state index is 9.65. The minimum Gasteiger partial charge on any atom is -0.339 e. The fraction of sp³-hybridized carbons (Fsp3) is 0.0556. The van der Waals surface area contributed by atoms with Crippen molar-refractivity contribution in [1.29, 1.82) is 5.26 Å². The molecule has 6 heteroatoms. The van der Waals surface area contributed by atoms with Crippen LogP contribution in [-0.4, -0.2) is 16.2 Å². The van der Waals surface area contributed by atoms with E-state index >= 15 is 0 Å². The highest BCUT2D eigenvalue weighted by molar-refractivity contribution is 7.98. The monoisotopic (exact) mass is 352 g/mol. The summed E-state index contributed by atoms with van der Waals surface area (Å²) in [6, 6.07) is 19.1. The Labute approximate surface area is 149 Å². The maximum Gasteiger partial charge on any atom is 0.189 e. The lowest BCUT2D eigenvalue weighted by atomic mass is 10.1. The first-order valence-electron chi connectivity index (χ1n) is 7.15. The highest BCUT2D eigenvalue weighted by Gasteiger charge is 2.16. The number of nitrogens with one attached hydrogen (secondary N) is 1. The maximum absolute atomic E-state index is 9.65. The third-order valence-electron chi connectivity index (χ3n) is 3.34. The van der Waals surface area contributed by atoms with Crippen LogP contribution >= 0.6 is 23.4 Å². The average Bonchev–Trinajstić information content (AvgIpc) is 2.62. The Bertz CT molecular complexity index is 889. The molecule has 2 aromatic carbocycles. The molecule has 0 saturated carbocycles. The molecule has 0 aliphatic carbocycles. The SMILES string of the molecule is CSc1nc(Nc2ccccc2)c(C#N)c(-c2ccc(Cl)cc2)n1. The van der Waals surface area contributed by atoms with Crippen molar-refractivity contribution >= 4 is 34.9 Å². The van der Waals surface area contributed by atoms with E-state index in [-0.39, 0.29) is 0 Å². The Kier molecular flexibility index (Phi) is 4.99. The van der Waals surface area contributed by atoms with E-state index in [1.807, 2.05) is 48.7 Å². The number of anilines is 2. The van der Waals surface area contributed by atoms with Gasteiger partial charge >= 0.3 is 0 Å². The van der Waals surface area contributed by atoms with Crippen LogP contribution < -0.4 is 5.32 Å². The lowest BCUT2D eigenvalue weighted by Gasteiger charge is -2.12. The molecule has 118 valence electrons. The molecule has 24 heavy (non-hydrogen) atoms. The molecular weight excluding hydrogens is 340 g/mol. The largest absolute Gasteiger partial charge is 0.339 e. The van der Waals surface area contributed by atoms with E-state index in [1.54, 1.807) is 12.1 Å². The Morgan fingerprint density at radius 2 is 1.75 bits per heavy atom. The summed E-state index contributed by atoms with van der Waals surface area (Å²) in [4.78, 5) is 8.96. The van der Waals surface area contributed by atoms with Crippen LogP contribution in [0.1, 0.15) is 5.56 Å². The van der Waals surface area contributed by atoms with Crippen molar-refractivity contribution in [2.24, 2.45) is 0 Å². The van der Waals surface area contributed by atoms with Gasteiger partial charge in [0, 0.05) is 16.3 Å². The van der Waals surface area contributed by atoms with Crippen LogP contribution in [0.4, 0.5) is 11.5 Å². The molecule has 0 aliphatic heterocycles. The third-order valence-corrected chi connectivity index (χ3v) is 4.14. The molecule has 4 nitrogen and oxygen atoms in total. The van der Waals surface area contributed by atoms with Crippen molar-refractivity contribution in [2.75, 3.05) is 11.6 Å². The van der Waals surface area contributed by atoms with Gasteiger partial charge in [-0.05, 0) is 30.5 Å². The van der Waals surface area contributed by atoms with Gasteiger partial charge in [-0.15, -0.1) is 0 Å². The van der Waals surface area contributed by atoms with E-state index in [9.17, 15) is 5.26 Å². The molecule has 0 spiro atoms. The van der Waals surface area contributed by atoms with Gasteiger partial charge in [-0.3, -0.25) is 0 Å². The zero-order valence-electron chi connectivity index (χ0n) is 12.8. The van der Waals surface area contributed by atoms with Crippen LogP contribution in [0.25, 0.3) is 11.3 Å². The van der Waals surface area contributed by atoms with Gasteiger partial charge < -0.3 is 5.32 Å². The van der Waals surface area contributed by atoms with Gasteiger partial charge in [0.1, 0.15) is 11.6 Å². The summed E-state index contributed by atoms with van der Waals surface area (Å²) < 4.78 is 0. The fourth-order valence-electron chi connectivity index (χ4n) is 2.20. The van der Waals surface area contributed by atoms with E-state index in [4.69, 9.17) is 11.6 Å². The number of hydrogen-bond acceptors (Lipinski definition) is 5. The van der Waals surface area contributed by atoms with Crippen molar-refractivity contribution in [1.82, 2.24) is 9.97 Å². The molecule has 0 bridgehead atoms. The van der Waals surface area contributed by atoms with Crippen molar-refractivity contribution in [3.05, 3.63) is 65.2 Å². The highest BCUT2D eigenvalue weighted by atomic mass is 35.5. The zero-order valence-corrected chi connectivity index (χ0v) is 14.4. The van der Waals surface area contributed by atoms with Gasteiger partial charge in [-0.25, -0.2) is 9.97 Å². The molecule has 0 aliphatic rings. The Balaban J connectivity index is 2.13. The van der Waals surface area contributed by atoms with E-state index < -0.39 is 0 Å². The van der Waals surface area contributed by atoms with Crippen LogP contribution in [0.3, 0.4) is 0 Å². The van der Waals surface area contributed by atoms with Crippen LogP contribution in [0.5, 0.6) is 0 Å². The number of hydrogen-bond donors (Lipinski definition) is 1. The van der Waals surface area contributed by atoms with Crippen LogP contribution in [-0.2, 0) is 0 Å². The Hall–Kier alpha value is -2.55. The summed E-state index contributed by atoms with van der Waals surface area (Å²) >= 11 is 7.38. The number of para-hydroxylation sites is 1. The summed E-state index contributed by atoms with van der Waals surface area (Å²) in [5, 5.41) is 14.1. The molecule has 1 N–H and O–H groups in total. The molecule has 0 fully saturated rings. The summed E-state index contributed by atoms with van der Waals surface area (Å²) in [5.74, 6) is 0.494. The topological polar surface area (TPSA) is 61.6 Å². The van der Waals surface area contributed by atoms with E-state index in [1.165, 1.54) is 11.8 Å². The van der Waals surface area contributed by atoms with Crippen molar-refractivity contribution < 1.29 is 0 Å². The lowest BCUT2D eigenvalue weighted by molar-refractivity contribution is 0.975. The standard InChI is InChI=1S/C18H13ClN4S/c1-24-18-22-16(12-7-9-13(19)10-8-12)15(11-20)17(23-18)21-14-5-3-2-4-6-14/h2-10H,1H3,(H,21,22,23). The van der Waals surface area contributed by atoms with Crippen molar-refractivity contribution in [3.8, 4) is 17.3 Å². The number of rotatable bonds is 4.